The molecule has 1 rings (SSSR count). The zero-order chi connectivity index (χ0) is 14.6. The van der Waals surface area contributed by atoms with E-state index >= 15 is 0 Å². The Balaban J connectivity index is 2.26. The van der Waals surface area contributed by atoms with Crippen LogP contribution < -0.4 is 5.32 Å². The average Bonchev–Trinajstić information content (AvgIpc) is 2.96. The van der Waals surface area contributed by atoms with Crippen molar-refractivity contribution in [1.82, 2.24) is 5.32 Å². The SMILES string of the molecule is CCCCCCCCNC(=O)/C(C#N)=C\c1ccsc1. The van der Waals surface area contributed by atoms with Crippen LogP contribution in [0, 0.1) is 11.3 Å². The molecule has 1 amide bonds. The first-order chi connectivity index (χ1) is 9.77. The van der Waals surface area contributed by atoms with Gasteiger partial charge in [0.2, 0.25) is 0 Å². The summed E-state index contributed by atoms with van der Waals surface area (Å²) in [5, 5.41) is 15.7. The lowest BCUT2D eigenvalue weighted by Gasteiger charge is -2.04. The van der Waals surface area contributed by atoms with Crippen LogP contribution in [0.5, 0.6) is 0 Å². The molecule has 1 aromatic heterocycles. The van der Waals surface area contributed by atoms with E-state index < -0.39 is 0 Å². The molecule has 1 heterocycles. The number of hydrogen-bond acceptors (Lipinski definition) is 3. The van der Waals surface area contributed by atoms with Crippen LogP contribution >= 0.6 is 11.3 Å². The van der Waals surface area contributed by atoms with Gasteiger partial charge in [0.05, 0.1) is 0 Å². The molecule has 0 saturated heterocycles. The molecule has 1 aromatic rings. The van der Waals surface area contributed by atoms with Gasteiger partial charge in [-0.2, -0.15) is 16.6 Å². The Labute approximate surface area is 125 Å². The van der Waals surface area contributed by atoms with E-state index in [0.29, 0.717) is 6.54 Å². The molecule has 0 saturated carbocycles. The molecule has 4 heteroatoms. The van der Waals surface area contributed by atoms with Crippen molar-refractivity contribution in [1.29, 1.82) is 5.26 Å². The van der Waals surface area contributed by atoms with Gasteiger partial charge < -0.3 is 5.32 Å². The third-order valence-electron chi connectivity index (χ3n) is 3.04. The van der Waals surface area contributed by atoms with E-state index in [9.17, 15) is 4.79 Å². The van der Waals surface area contributed by atoms with Gasteiger partial charge in [0, 0.05) is 6.54 Å². The molecule has 0 radical (unpaired) electrons. The molecule has 20 heavy (non-hydrogen) atoms. The van der Waals surface area contributed by atoms with E-state index in [0.717, 1.165) is 18.4 Å². The molecule has 1 N–H and O–H groups in total. The summed E-state index contributed by atoms with van der Waals surface area (Å²) in [6.07, 6.45) is 8.77. The quantitative estimate of drug-likeness (QED) is 0.422. The van der Waals surface area contributed by atoms with E-state index in [4.69, 9.17) is 5.26 Å². The van der Waals surface area contributed by atoms with Gasteiger partial charge in [0.1, 0.15) is 11.6 Å². The van der Waals surface area contributed by atoms with Gasteiger partial charge in [-0.25, -0.2) is 0 Å². The van der Waals surface area contributed by atoms with Crippen molar-refractivity contribution < 1.29 is 4.79 Å². The molecular weight excluding hydrogens is 268 g/mol. The second-order valence-electron chi connectivity index (χ2n) is 4.75. The Morgan fingerprint density at radius 3 is 2.75 bits per heavy atom. The van der Waals surface area contributed by atoms with Gasteiger partial charge in [-0.15, -0.1) is 0 Å². The van der Waals surface area contributed by atoms with Crippen LogP contribution in [0.15, 0.2) is 22.4 Å². The number of thiophene rings is 1. The van der Waals surface area contributed by atoms with Crippen molar-refractivity contribution in [3.63, 3.8) is 0 Å². The summed E-state index contributed by atoms with van der Waals surface area (Å²) >= 11 is 1.55. The summed E-state index contributed by atoms with van der Waals surface area (Å²) in [6, 6.07) is 3.85. The molecule has 0 aliphatic rings. The molecule has 0 bridgehead atoms. The second-order valence-corrected chi connectivity index (χ2v) is 5.53. The minimum Gasteiger partial charge on any atom is -0.351 e. The Kier molecular flexibility index (Phi) is 8.41. The second kappa shape index (κ2) is 10.2. The van der Waals surface area contributed by atoms with Crippen molar-refractivity contribution in [3.05, 3.63) is 28.0 Å². The minimum absolute atomic E-state index is 0.175. The van der Waals surface area contributed by atoms with Crippen LogP contribution in [0.2, 0.25) is 0 Å². The number of nitrogens with zero attached hydrogens (tertiary/aromatic N) is 1. The van der Waals surface area contributed by atoms with Crippen LogP contribution in [-0.2, 0) is 4.79 Å². The molecule has 0 aliphatic carbocycles. The first-order valence-corrected chi connectivity index (χ1v) is 8.14. The smallest absolute Gasteiger partial charge is 0.261 e. The van der Waals surface area contributed by atoms with Crippen molar-refractivity contribution in [2.24, 2.45) is 0 Å². The number of carbonyl (C=O) groups is 1. The lowest BCUT2D eigenvalue weighted by atomic mass is 10.1. The Morgan fingerprint density at radius 2 is 2.10 bits per heavy atom. The minimum atomic E-state index is -0.271. The summed E-state index contributed by atoms with van der Waals surface area (Å²) in [4.78, 5) is 11.8. The first-order valence-electron chi connectivity index (χ1n) is 7.20. The number of nitrogens with one attached hydrogen (secondary N) is 1. The van der Waals surface area contributed by atoms with Crippen LogP contribution in [-0.4, -0.2) is 12.5 Å². The molecule has 0 aromatic carbocycles. The lowest BCUT2D eigenvalue weighted by molar-refractivity contribution is -0.117. The molecule has 0 aliphatic heterocycles. The third kappa shape index (κ3) is 6.53. The molecule has 108 valence electrons. The highest BCUT2D eigenvalue weighted by atomic mass is 32.1. The third-order valence-corrected chi connectivity index (χ3v) is 3.74. The van der Waals surface area contributed by atoms with E-state index in [2.05, 4.69) is 12.2 Å². The maximum atomic E-state index is 11.8. The number of unbranched alkanes of at least 4 members (excludes halogenated alkanes) is 5. The Morgan fingerprint density at radius 1 is 1.35 bits per heavy atom. The van der Waals surface area contributed by atoms with E-state index in [1.807, 2.05) is 22.9 Å². The number of nitriles is 1. The fourth-order valence-electron chi connectivity index (χ4n) is 1.87. The average molecular weight is 290 g/mol. The topological polar surface area (TPSA) is 52.9 Å². The lowest BCUT2D eigenvalue weighted by Crippen LogP contribution is -2.25. The number of rotatable bonds is 9. The molecule has 0 fully saturated rings. The van der Waals surface area contributed by atoms with Crippen LogP contribution in [0.3, 0.4) is 0 Å². The molecule has 3 nitrogen and oxygen atoms in total. The van der Waals surface area contributed by atoms with Crippen LogP contribution in [0.1, 0.15) is 51.0 Å². The van der Waals surface area contributed by atoms with Gasteiger partial charge in [-0.05, 0) is 34.9 Å². The Bertz CT molecular complexity index is 457. The van der Waals surface area contributed by atoms with Crippen LogP contribution in [0.25, 0.3) is 6.08 Å². The van der Waals surface area contributed by atoms with Crippen LogP contribution in [0.4, 0.5) is 0 Å². The normalized spacial score (nSPS) is 11.1. The monoisotopic (exact) mass is 290 g/mol. The van der Waals surface area contributed by atoms with E-state index in [1.54, 1.807) is 17.4 Å². The zero-order valence-corrected chi connectivity index (χ0v) is 12.8. The summed E-state index contributed by atoms with van der Waals surface area (Å²) in [5.41, 5.74) is 1.08. The Hall–Kier alpha value is -1.60. The van der Waals surface area contributed by atoms with Gasteiger partial charge in [-0.3, -0.25) is 4.79 Å². The summed E-state index contributed by atoms with van der Waals surface area (Å²) < 4.78 is 0. The zero-order valence-electron chi connectivity index (χ0n) is 12.0. The fraction of sp³-hybridized carbons (Fsp3) is 0.500. The molecule has 0 atom stereocenters. The highest BCUT2D eigenvalue weighted by Gasteiger charge is 2.07. The van der Waals surface area contributed by atoms with Gasteiger partial charge in [0.25, 0.3) is 5.91 Å². The number of carbonyl (C=O) groups excluding carboxylic acids is 1. The standard InChI is InChI=1S/C16H22N2OS/c1-2-3-4-5-6-7-9-18-16(19)15(12-17)11-14-8-10-20-13-14/h8,10-11,13H,2-7,9H2,1H3,(H,18,19)/b15-11-. The van der Waals surface area contributed by atoms with Gasteiger partial charge >= 0.3 is 0 Å². The van der Waals surface area contributed by atoms with Gasteiger partial charge in [-0.1, -0.05) is 39.0 Å². The van der Waals surface area contributed by atoms with E-state index in [-0.39, 0.29) is 11.5 Å². The molecule has 0 unspecified atom stereocenters. The van der Waals surface area contributed by atoms with Crippen molar-refractivity contribution in [3.8, 4) is 6.07 Å². The highest BCUT2D eigenvalue weighted by molar-refractivity contribution is 7.08. The highest BCUT2D eigenvalue weighted by Crippen LogP contribution is 2.11. The number of hydrogen-bond donors (Lipinski definition) is 1. The molecular formula is C16H22N2OS. The number of amides is 1. The summed E-state index contributed by atoms with van der Waals surface area (Å²) in [6.45, 7) is 2.84. The summed E-state index contributed by atoms with van der Waals surface area (Å²) in [7, 11) is 0. The molecule has 0 spiro atoms. The predicted octanol–water partition coefficient (Wildman–Crippen LogP) is 4.13. The maximum absolute atomic E-state index is 11.8. The first kappa shape index (κ1) is 16.5. The summed E-state index contributed by atoms with van der Waals surface area (Å²) in [5.74, 6) is -0.271. The maximum Gasteiger partial charge on any atom is 0.261 e. The fourth-order valence-corrected chi connectivity index (χ4v) is 2.49. The van der Waals surface area contributed by atoms with Gasteiger partial charge in [0.15, 0.2) is 0 Å². The van der Waals surface area contributed by atoms with Crippen molar-refractivity contribution >= 4 is 23.3 Å². The van der Waals surface area contributed by atoms with E-state index in [1.165, 1.54) is 25.7 Å². The van der Waals surface area contributed by atoms with Crippen molar-refractivity contribution in [2.45, 2.75) is 45.4 Å². The van der Waals surface area contributed by atoms with Crippen molar-refractivity contribution in [2.75, 3.05) is 6.54 Å². The largest absolute Gasteiger partial charge is 0.351 e. The predicted molar refractivity (Wildman–Crippen MR) is 84.3 cm³/mol.